The van der Waals surface area contributed by atoms with Crippen LogP contribution in [0.4, 0.5) is 0 Å². The Labute approximate surface area is 109 Å². The van der Waals surface area contributed by atoms with E-state index >= 15 is 0 Å². The molecule has 0 aliphatic heterocycles. The molecule has 0 bridgehead atoms. The third-order valence-corrected chi connectivity index (χ3v) is 2.71. The number of aryl methyl sites for hydroxylation is 2. The van der Waals surface area contributed by atoms with E-state index in [9.17, 15) is 0 Å². The van der Waals surface area contributed by atoms with E-state index in [0.717, 1.165) is 36.4 Å². The van der Waals surface area contributed by atoms with Gasteiger partial charge in [0.05, 0.1) is 12.2 Å². The van der Waals surface area contributed by atoms with Crippen molar-refractivity contribution < 1.29 is 4.52 Å². The molecule has 3 N–H and O–H groups in total. The summed E-state index contributed by atoms with van der Waals surface area (Å²) < 4.78 is 5.29. The number of nitrogens with two attached hydrogens (primary N) is 1. The van der Waals surface area contributed by atoms with Crippen LogP contribution in [0.25, 0.3) is 0 Å². The lowest BCUT2D eigenvalue weighted by Gasteiger charge is -2.07. The van der Waals surface area contributed by atoms with Crippen molar-refractivity contribution in [2.75, 3.05) is 6.54 Å². The topological polar surface area (TPSA) is 76.4 Å². The first-order valence-electron chi connectivity index (χ1n) is 6.58. The summed E-state index contributed by atoms with van der Waals surface area (Å²) in [6.07, 6.45) is 1.69. The van der Waals surface area contributed by atoms with Crippen LogP contribution >= 0.6 is 0 Å². The highest BCUT2D eigenvalue weighted by molar-refractivity contribution is 5.77. The summed E-state index contributed by atoms with van der Waals surface area (Å²) in [5, 5.41) is 7.15. The third kappa shape index (κ3) is 4.05. The van der Waals surface area contributed by atoms with E-state index in [1.54, 1.807) is 0 Å². The summed E-state index contributed by atoms with van der Waals surface area (Å²) >= 11 is 0. The van der Waals surface area contributed by atoms with Gasteiger partial charge in [0.25, 0.3) is 0 Å². The second-order valence-corrected chi connectivity index (χ2v) is 4.71. The first kappa shape index (κ1) is 14.5. The third-order valence-electron chi connectivity index (χ3n) is 2.71. The molecule has 1 aromatic rings. The molecule has 1 rings (SSSR count). The molecule has 0 unspecified atom stereocenters. The van der Waals surface area contributed by atoms with E-state index in [4.69, 9.17) is 10.3 Å². The Morgan fingerprint density at radius 1 is 1.39 bits per heavy atom. The zero-order valence-corrected chi connectivity index (χ0v) is 11.8. The minimum atomic E-state index is 0.481. The Bertz CT molecular complexity index is 374. The van der Waals surface area contributed by atoms with E-state index in [1.807, 2.05) is 6.92 Å². The van der Waals surface area contributed by atoms with Crippen LogP contribution in [0.1, 0.15) is 44.7 Å². The van der Waals surface area contributed by atoms with Crippen molar-refractivity contribution in [2.24, 2.45) is 16.6 Å². The summed E-state index contributed by atoms with van der Waals surface area (Å²) in [4.78, 5) is 4.34. The van der Waals surface area contributed by atoms with Gasteiger partial charge < -0.3 is 15.6 Å². The van der Waals surface area contributed by atoms with Crippen LogP contribution in [0.2, 0.25) is 0 Å². The molecule has 102 valence electrons. The average molecular weight is 252 g/mol. The predicted molar refractivity (Wildman–Crippen MR) is 73.4 cm³/mol. The number of hydrogen-bond acceptors (Lipinski definition) is 3. The van der Waals surface area contributed by atoms with Gasteiger partial charge in [0.1, 0.15) is 5.76 Å². The molecule has 5 nitrogen and oxygen atoms in total. The maximum absolute atomic E-state index is 5.81. The molecule has 0 radical (unpaired) electrons. The van der Waals surface area contributed by atoms with Gasteiger partial charge in [-0.05, 0) is 12.3 Å². The van der Waals surface area contributed by atoms with Crippen LogP contribution in [0.3, 0.4) is 0 Å². The fraction of sp³-hybridized carbons (Fsp3) is 0.692. The molecule has 5 heteroatoms. The summed E-state index contributed by atoms with van der Waals surface area (Å²) in [5.74, 6) is 1.94. The van der Waals surface area contributed by atoms with Gasteiger partial charge in [-0.3, -0.25) is 0 Å². The van der Waals surface area contributed by atoms with Crippen LogP contribution in [-0.2, 0) is 19.4 Å². The van der Waals surface area contributed by atoms with Crippen molar-refractivity contribution in [1.82, 2.24) is 10.5 Å². The van der Waals surface area contributed by atoms with Crippen molar-refractivity contribution in [1.29, 1.82) is 0 Å². The fourth-order valence-electron chi connectivity index (χ4n) is 1.65. The maximum atomic E-state index is 5.81. The molecule has 0 aliphatic rings. The Morgan fingerprint density at radius 3 is 2.67 bits per heavy atom. The Balaban J connectivity index is 2.66. The lowest BCUT2D eigenvalue weighted by atomic mass is 10.1. The fourth-order valence-corrected chi connectivity index (χ4v) is 1.65. The molecule has 0 aromatic carbocycles. The van der Waals surface area contributed by atoms with Crippen LogP contribution < -0.4 is 11.1 Å². The molecule has 1 heterocycles. The highest BCUT2D eigenvalue weighted by atomic mass is 16.5. The van der Waals surface area contributed by atoms with E-state index < -0.39 is 0 Å². The molecule has 0 saturated heterocycles. The first-order chi connectivity index (χ1) is 8.58. The maximum Gasteiger partial charge on any atom is 0.188 e. The number of aliphatic imine (C=N–C) groups is 1. The molecular formula is C13H24N4O. The number of aromatic nitrogens is 1. The van der Waals surface area contributed by atoms with Crippen molar-refractivity contribution in [2.45, 2.75) is 47.1 Å². The van der Waals surface area contributed by atoms with Crippen molar-refractivity contribution in [3.63, 3.8) is 0 Å². The van der Waals surface area contributed by atoms with Crippen LogP contribution in [0, 0.1) is 5.92 Å². The molecule has 0 saturated carbocycles. The molecular weight excluding hydrogens is 228 g/mol. The monoisotopic (exact) mass is 252 g/mol. The van der Waals surface area contributed by atoms with Crippen LogP contribution in [0.15, 0.2) is 9.52 Å². The second-order valence-electron chi connectivity index (χ2n) is 4.71. The standard InChI is InChI=1S/C13H24N4O/c1-5-11-10(12(6-2)18-17-11)8-16-13(14)15-7-9(3)4/h9H,5-8H2,1-4H3,(H3,14,15,16). The van der Waals surface area contributed by atoms with Gasteiger partial charge in [-0.1, -0.05) is 32.9 Å². The number of nitrogens with one attached hydrogen (secondary N) is 1. The lowest BCUT2D eigenvalue weighted by Crippen LogP contribution is -2.34. The first-order valence-corrected chi connectivity index (χ1v) is 6.58. The Morgan fingerprint density at radius 2 is 2.11 bits per heavy atom. The second kappa shape index (κ2) is 7.03. The largest absolute Gasteiger partial charge is 0.370 e. The lowest BCUT2D eigenvalue weighted by molar-refractivity contribution is 0.380. The summed E-state index contributed by atoms with van der Waals surface area (Å²) in [5.41, 5.74) is 7.87. The number of hydrogen-bond donors (Lipinski definition) is 2. The molecule has 0 amide bonds. The predicted octanol–water partition coefficient (Wildman–Crippen LogP) is 1.86. The van der Waals surface area contributed by atoms with Crippen molar-refractivity contribution in [3.05, 3.63) is 17.0 Å². The average Bonchev–Trinajstić information content (AvgIpc) is 2.75. The molecule has 0 fully saturated rings. The van der Waals surface area contributed by atoms with Crippen molar-refractivity contribution in [3.8, 4) is 0 Å². The minimum Gasteiger partial charge on any atom is -0.370 e. The van der Waals surface area contributed by atoms with E-state index in [2.05, 4.69) is 36.2 Å². The number of rotatable bonds is 6. The van der Waals surface area contributed by atoms with Gasteiger partial charge in [-0.15, -0.1) is 0 Å². The number of guanidine groups is 1. The van der Waals surface area contributed by atoms with Crippen LogP contribution in [-0.4, -0.2) is 17.7 Å². The summed E-state index contributed by atoms with van der Waals surface area (Å²) in [6, 6.07) is 0. The summed E-state index contributed by atoms with van der Waals surface area (Å²) in [6.45, 7) is 9.74. The van der Waals surface area contributed by atoms with Gasteiger partial charge in [-0.25, -0.2) is 4.99 Å². The Hall–Kier alpha value is -1.52. The van der Waals surface area contributed by atoms with Crippen molar-refractivity contribution >= 4 is 5.96 Å². The molecule has 0 spiro atoms. The Kier molecular flexibility index (Phi) is 5.68. The normalized spacial score (nSPS) is 12.2. The van der Waals surface area contributed by atoms with Gasteiger partial charge in [0.15, 0.2) is 5.96 Å². The zero-order valence-electron chi connectivity index (χ0n) is 11.8. The minimum absolute atomic E-state index is 0.481. The molecule has 18 heavy (non-hydrogen) atoms. The molecule has 0 aliphatic carbocycles. The molecule has 1 aromatic heterocycles. The van der Waals surface area contributed by atoms with Gasteiger partial charge in [0, 0.05) is 18.5 Å². The van der Waals surface area contributed by atoms with E-state index in [0.29, 0.717) is 18.4 Å². The van der Waals surface area contributed by atoms with E-state index in [1.165, 1.54) is 0 Å². The zero-order chi connectivity index (χ0) is 13.5. The van der Waals surface area contributed by atoms with Gasteiger partial charge >= 0.3 is 0 Å². The molecule has 0 atom stereocenters. The van der Waals surface area contributed by atoms with E-state index in [-0.39, 0.29) is 0 Å². The SMILES string of the molecule is CCc1noc(CC)c1CN=C(N)NCC(C)C. The van der Waals surface area contributed by atoms with Gasteiger partial charge in [0.2, 0.25) is 0 Å². The highest BCUT2D eigenvalue weighted by Gasteiger charge is 2.12. The smallest absolute Gasteiger partial charge is 0.188 e. The quantitative estimate of drug-likeness (QED) is 0.598. The number of nitrogens with zero attached hydrogens (tertiary/aromatic N) is 2. The highest BCUT2D eigenvalue weighted by Crippen LogP contribution is 2.16. The van der Waals surface area contributed by atoms with Gasteiger partial charge in [-0.2, -0.15) is 0 Å². The summed E-state index contributed by atoms with van der Waals surface area (Å²) in [7, 11) is 0. The van der Waals surface area contributed by atoms with Crippen LogP contribution in [0.5, 0.6) is 0 Å².